The zero-order valence-electron chi connectivity index (χ0n) is 13.0. The number of rotatable bonds is 2. The number of halogens is 1. The molecule has 1 heterocycles. The maximum Gasteiger partial charge on any atom is 0.349 e. The minimum absolute atomic E-state index is 0.104. The Balaban J connectivity index is 1.82. The highest BCUT2D eigenvalue weighted by Crippen LogP contribution is 2.25. The molecular weight excluding hydrogens is 321 g/mol. The molecule has 3 aromatic carbocycles. The summed E-state index contributed by atoms with van der Waals surface area (Å²) < 4.78 is 18.3. The molecule has 0 bridgehead atoms. The maximum atomic E-state index is 13.0. The monoisotopic (exact) mass is 333 g/mol. The molecule has 0 spiro atoms. The summed E-state index contributed by atoms with van der Waals surface area (Å²) >= 11 is 0. The van der Waals surface area contributed by atoms with E-state index in [1.165, 1.54) is 30.3 Å². The molecule has 0 saturated heterocycles. The molecule has 0 saturated carbocycles. The second-order valence-electron chi connectivity index (χ2n) is 5.61. The fourth-order valence-corrected chi connectivity index (χ4v) is 2.76. The van der Waals surface area contributed by atoms with Crippen LogP contribution in [0.5, 0.6) is 0 Å². The Morgan fingerprint density at radius 1 is 0.920 bits per heavy atom. The lowest BCUT2D eigenvalue weighted by Crippen LogP contribution is -2.20. The number of carbonyl (C=O) groups is 1. The van der Waals surface area contributed by atoms with E-state index < -0.39 is 17.3 Å². The normalized spacial score (nSPS) is 10.9. The largest absolute Gasteiger partial charge is 0.422 e. The van der Waals surface area contributed by atoms with Crippen LogP contribution in [-0.4, -0.2) is 5.91 Å². The van der Waals surface area contributed by atoms with E-state index >= 15 is 0 Å². The zero-order valence-corrected chi connectivity index (χ0v) is 13.0. The first-order valence-electron chi connectivity index (χ1n) is 7.64. The molecule has 1 amide bonds. The van der Waals surface area contributed by atoms with E-state index in [9.17, 15) is 14.0 Å². The summed E-state index contributed by atoms with van der Waals surface area (Å²) in [7, 11) is 0. The highest BCUT2D eigenvalue weighted by molar-refractivity contribution is 6.10. The van der Waals surface area contributed by atoms with Gasteiger partial charge in [-0.2, -0.15) is 0 Å². The average molecular weight is 333 g/mol. The molecule has 0 radical (unpaired) electrons. The number of hydrogen-bond acceptors (Lipinski definition) is 3. The van der Waals surface area contributed by atoms with Crippen molar-refractivity contribution in [3.05, 3.63) is 88.5 Å². The van der Waals surface area contributed by atoms with Gasteiger partial charge in [0, 0.05) is 11.1 Å². The molecule has 0 unspecified atom stereocenters. The van der Waals surface area contributed by atoms with Crippen LogP contribution >= 0.6 is 0 Å². The molecule has 1 aromatic heterocycles. The van der Waals surface area contributed by atoms with Crippen molar-refractivity contribution in [1.29, 1.82) is 0 Å². The Hall–Kier alpha value is -3.47. The molecular formula is C20H12FNO3. The minimum atomic E-state index is -0.720. The van der Waals surface area contributed by atoms with Crippen molar-refractivity contribution in [3.8, 4) is 0 Å². The van der Waals surface area contributed by atoms with Crippen LogP contribution in [0.25, 0.3) is 21.7 Å². The lowest BCUT2D eigenvalue weighted by atomic mass is 10.0. The third kappa shape index (κ3) is 2.76. The van der Waals surface area contributed by atoms with Crippen molar-refractivity contribution >= 4 is 33.3 Å². The molecule has 0 aliphatic carbocycles. The predicted molar refractivity (Wildman–Crippen MR) is 94.3 cm³/mol. The Morgan fingerprint density at radius 3 is 2.48 bits per heavy atom. The van der Waals surface area contributed by atoms with Crippen molar-refractivity contribution < 1.29 is 13.6 Å². The Morgan fingerprint density at radius 2 is 1.68 bits per heavy atom. The van der Waals surface area contributed by atoms with Gasteiger partial charge < -0.3 is 9.73 Å². The molecule has 0 aliphatic heterocycles. The van der Waals surface area contributed by atoms with Crippen LogP contribution in [0, 0.1) is 5.82 Å². The summed E-state index contributed by atoms with van der Waals surface area (Å²) in [5, 5.41) is 5.12. The third-order valence-corrected chi connectivity index (χ3v) is 3.99. The molecule has 1 N–H and O–H groups in total. The number of carbonyl (C=O) groups excluding carboxylic acids is 1. The number of anilines is 1. The second kappa shape index (κ2) is 5.87. The van der Waals surface area contributed by atoms with E-state index in [2.05, 4.69) is 5.32 Å². The molecule has 0 atom stereocenters. The average Bonchev–Trinajstić information content (AvgIpc) is 2.62. The number of hydrogen-bond donors (Lipinski definition) is 1. The van der Waals surface area contributed by atoms with Crippen molar-refractivity contribution in [3.63, 3.8) is 0 Å². The smallest absolute Gasteiger partial charge is 0.349 e. The first-order chi connectivity index (χ1) is 12.1. The van der Waals surface area contributed by atoms with Crippen LogP contribution < -0.4 is 10.9 Å². The number of amides is 1. The molecule has 4 aromatic rings. The SMILES string of the molecule is O=C(Nc1ccc(F)cc1)c1cc2c(ccc3ccccc32)oc1=O. The predicted octanol–water partition coefficient (Wildman–Crippen LogP) is 4.34. The van der Waals surface area contributed by atoms with Gasteiger partial charge in [0.2, 0.25) is 0 Å². The number of benzene rings is 3. The summed E-state index contributed by atoms with van der Waals surface area (Å²) in [5.74, 6) is -1.01. The van der Waals surface area contributed by atoms with Crippen LogP contribution in [-0.2, 0) is 0 Å². The fourth-order valence-electron chi connectivity index (χ4n) is 2.76. The van der Waals surface area contributed by atoms with Gasteiger partial charge in [-0.15, -0.1) is 0 Å². The second-order valence-corrected chi connectivity index (χ2v) is 5.61. The first kappa shape index (κ1) is 15.1. The van der Waals surface area contributed by atoms with E-state index in [4.69, 9.17) is 4.42 Å². The van der Waals surface area contributed by atoms with Crippen LogP contribution in [0.4, 0.5) is 10.1 Å². The molecule has 5 heteroatoms. The van der Waals surface area contributed by atoms with E-state index in [1.807, 2.05) is 30.3 Å². The molecule has 25 heavy (non-hydrogen) atoms. The van der Waals surface area contributed by atoms with Crippen LogP contribution in [0.3, 0.4) is 0 Å². The topological polar surface area (TPSA) is 59.3 Å². The lowest BCUT2D eigenvalue weighted by molar-refractivity contribution is 0.102. The van der Waals surface area contributed by atoms with Crippen molar-refractivity contribution in [2.45, 2.75) is 0 Å². The summed E-state index contributed by atoms with van der Waals surface area (Å²) in [4.78, 5) is 24.6. The van der Waals surface area contributed by atoms with Gasteiger partial charge in [0.05, 0.1) is 0 Å². The Labute approximate surface area is 141 Å². The van der Waals surface area contributed by atoms with Crippen LogP contribution in [0.15, 0.2) is 75.9 Å². The van der Waals surface area contributed by atoms with Gasteiger partial charge in [0.25, 0.3) is 5.91 Å². The van der Waals surface area contributed by atoms with Gasteiger partial charge >= 0.3 is 5.63 Å². The van der Waals surface area contributed by atoms with Crippen molar-refractivity contribution in [2.75, 3.05) is 5.32 Å². The van der Waals surface area contributed by atoms with Crippen LogP contribution in [0.1, 0.15) is 10.4 Å². The van der Waals surface area contributed by atoms with Gasteiger partial charge in [-0.05, 0) is 47.2 Å². The summed E-state index contributed by atoms with van der Waals surface area (Å²) in [6.07, 6.45) is 0. The summed E-state index contributed by atoms with van der Waals surface area (Å²) in [6, 6.07) is 18.0. The van der Waals surface area contributed by atoms with E-state index in [0.29, 0.717) is 16.7 Å². The molecule has 4 rings (SSSR count). The third-order valence-electron chi connectivity index (χ3n) is 3.99. The van der Waals surface area contributed by atoms with Crippen molar-refractivity contribution in [2.24, 2.45) is 0 Å². The molecule has 0 aliphatic rings. The lowest BCUT2D eigenvalue weighted by Gasteiger charge is -2.07. The zero-order chi connectivity index (χ0) is 17.4. The quantitative estimate of drug-likeness (QED) is 0.438. The van der Waals surface area contributed by atoms with Gasteiger partial charge in [-0.25, -0.2) is 9.18 Å². The van der Waals surface area contributed by atoms with E-state index in [0.717, 1.165) is 10.8 Å². The molecule has 4 nitrogen and oxygen atoms in total. The van der Waals surface area contributed by atoms with Gasteiger partial charge in [0.1, 0.15) is 17.0 Å². The number of fused-ring (bicyclic) bond motifs is 3. The highest BCUT2D eigenvalue weighted by atomic mass is 19.1. The number of nitrogens with one attached hydrogen (secondary N) is 1. The van der Waals surface area contributed by atoms with Gasteiger partial charge in [0.15, 0.2) is 0 Å². The van der Waals surface area contributed by atoms with Gasteiger partial charge in [-0.3, -0.25) is 4.79 Å². The van der Waals surface area contributed by atoms with Crippen LogP contribution in [0.2, 0.25) is 0 Å². The maximum absolute atomic E-state index is 13.0. The Bertz CT molecular complexity index is 1160. The standard InChI is InChI=1S/C20H12FNO3/c21-13-6-8-14(9-7-13)22-19(23)17-11-16-15-4-2-1-3-12(15)5-10-18(16)25-20(17)24/h1-11H,(H,22,23). The summed E-state index contributed by atoms with van der Waals surface area (Å²) in [5.41, 5.74) is -0.0126. The Kier molecular flexibility index (Phi) is 3.54. The van der Waals surface area contributed by atoms with Gasteiger partial charge in [-0.1, -0.05) is 30.3 Å². The van der Waals surface area contributed by atoms with E-state index in [-0.39, 0.29) is 5.56 Å². The summed E-state index contributed by atoms with van der Waals surface area (Å²) in [6.45, 7) is 0. The highest BCUT2D eigenvalue weighted by Gasteiger charge is 2.15. The first-order valence-corrected chi connectivity index (χ1v) is 7.64. The molecule has 122 valence electrons. The van der Waals surface area contributed by atoms with Crippen molar-refractivity contribution in [1.82, 2.24) is 0 Å². The molecule has 0 fully saturated rings. The van der Waals surface area contributed by atoms with E-state index in [1.54, 1.807) is 6.07 Å². The minimum Gasteiger partial charge on any atom is -0.422 e. The fraction of sp³-hybridized carbons (Fsp3) is 0.